The highest BCUT2D eigenvalue weighted by molar-refractivity contribution is 7.92. The van der Waals surface area contributed by atoms with Gasteiger partial charge in [-0.25, -0.2) is 13.2 Å². The summed E-state index contributed by atoms with van der Waals surface area (Å²) in [5.74, 6) is -3.65. The minimum Gasteiger partial charge on any atom is -0.353 e. The van der Waals surface area contributed by atoms with E-state index >= 15 is 0 Å². The number of imide groups is 1. The number of benzene rings is 3. The lowest BCUT2D eigenvalue weighted by molar-refractivity contribution is -0.140. The van der Waals surface area contributed by atoms with E-state index in [9.17, 15) is 27.6 Å². The van der Waals surface area contributed by atoms with Gasteiger partial charge in [0.1, 0.15) is 5.92 Å². The fourth-order valence-corrected chi connectivity index (χ4v) is 6.54. The molecule has 5 rings (SSSR count). The van der Waals surface area contributed by atoms with Gasteiger partial charge in [-0.2, -0.15) is 0 Å². The molecule has 2 unspecified atom stereocenters. The molecule has 2 aliphatic heterocycles. The molecule has 2 atom stereocenters. The Morgan fingerprint density at radius 1 is 1.05 bits per heavy atom. The van der Waals surface area contributed by atoms with Crippen LogP contribution >= 0.6 is 11.6 Å². The zero-order valence-corrected chi connectivity index (χ0v) is 25.7. The quantitative estimate of drug-likeness (QED) is 0.269. The molecule has 2 N–H and O–H groups in total. The van der Waals surface area contributed by atoms with Gasteiger partial charge in [0.05, 0.1) is 22.2 Å². The molecule has 230 valence electrons. The van der Waals surface area contributed by atoms with Gasteiger partial charge in [-0.3, -0.25) is 28.9 Å². The molecule has 1 fully saturated rings. The van der Waals surface area contributed by atoms with Crippen LogP contribution in [-0.4, -0.2) is 75.4 Å². The number of aryl methyl sites for hydroxylation is 1. The Bertz CT molecular complexity index is 1770. The van der Waals surface area contributed by atoms with Crippen molar-refractivity contribution in [2.75, 3.05) is 42.2 Å². The maximum atomic E-state index is 14.0. The fourth-order valence-electron chi connectivity index (χ4n) is 5.19. The van der Waals surface area contributed by atoms with Crippen molar-refractivity contribution in [3.05, 3.63) is 82.9 Å². The number of fused-ring (bicyclic) bond motifs is 1. The Balaban J connectivity index is 1.45. The van der Waals surface area contributed by atoms with Crippen molar-refractivity contribution in [3.8, 4) is 0 Å². The van der Waals surface area contributed by atoms with Crippen molar-refractivity contribution in [1.29, 1.82) is 0 Å². The lowest BCUT2D eigenvalue weighted by Gasteiger charge is -2.26. The Morgan fingerprint density at radius 3 is 2.45 bits per heavy atom. The van der Waals surface area contributed by atoms with Crippen LogP contribution in [0, 0.1) is 12.8 Å². The van der Waals surface area contributed by atoms with E-state index in [-0.39, 0.29) is 21.3 Å². The van der Waals surface area contributed by atoms with Crippen molar-refractivity contribution in [1.82, 2.24) is 9.80 Å². The molecular weight excluding hydrogens is 610 g/mol. The first kappa shape index (κ1) is 31.0. The van der Waals surface area contributed by atoms with Crippen LogP contribution in [0.5, 0.6) is 0 Å². The minimum atomic E-state index is -4.12. The fraction of sp³-hybridized carbons (Fsp3) is 0.267. The number of carbonyl (C=O) groups excluding carboxylic acids is 4. The van der Waals surface area contributed by atoms with E-state index in [1.165, 1.54) is 43.3 Å². The largest absolute Gasteiger partial charge is 0.353 e. The van der Waals surface area contributed by atoms with Crippen LogP contribution in [0.1, 0.15) is 11.1 Å². The standard InChI is InChI=1S/C30H30ClN5O7S/c1-18-12-13-20(44(41,42)33-23-10-6-5-9-22(23)31)16-24(18)32-26(37)21(17-36-28(39)29(43-3)34(2)30(36)40)27(38)35-15-14-19-8-4-7-11-25(19)35/h4-13,16,21,29,33H,14-15,17H2,1-3H3,(H,32,37). The van der Waals surface area contributed by atoms with E-state index in [1.54, 1.807) is 37.3 Å². The maximum absolute atomic E-state index is 14.0. The number of halogens is 1. The van der Waals surface area contributed by atoms with Crippen LogP contribution in [0.4, 0.5) is 21.9 Å². The zero-order valence-electron chi connectivity index (χ0n) is 24.1. The van der Waals surface area contributed by atoms with E-state index in [0.29, 0.717) is 24.2 Å². The molecule has 0 bridgehead atoms. The van der Waals surface area contributed by atoms with Crippen molar-refractivity contribution in [3.63, 3.8) is 0 Å². The molecule has 0 spiro atoms. The number of hydrogen-bond donors (Lipinski definition) is 2. The van der Waals surface area contributed by atoms with Gasteiger partial charge in [0, 0.05) is 32.1 Å². The molecule has 44 heavy (non-hydrogen) atoms. The van der Waals surface area contributed by atoms with Gasteiger partial charge in [-0.15, -0.1) is 0 Å². The second-order valence-corrected chi connectivity index (χ2v) is 12.5. The second kappa shape index (κ2) is 12.3. The Hall–Kier alpha value is -4.46. The number of anilines is 3. The van der Waals surface area contributed by atoms with E-state index in [4.69, 9.17) is 16.3 Å². The first-order valence-electron chi connectivity index (χ1n) is 13.6. The van der Waals surface area contributed by atoms with Gasteiger partial charge in [0.15, 0.2) is 0 Å². The Labute approximate surface area is 259 Å². The predicted molar refractivity (Wildman–Crippen MR) is 164 cm³/mol. The third-order valence-electron chi connectivity index (χ3n) is 7.61. The number of nitrogens with zero attached hydrogens (tertiary/aromatic N) is 3. The summed E-state index contributed by atoms with van der Waals surface area (Å²) < 4.78 is 33.9. The van der Waals surface area contributed by atoms with Crippen LogP contribution in [-0.2, 0) is 35.6 Å². The van der Waals surface area contributed by atoms with E-state index in [0.717, 1.165) is 15.4 Å². The third-order valence-corrected chi connectivity index (χ3v) is 9.31. The summed E-state index contributed by atoms with van der Waals surface area (Å²) in [5, 5.41) is 2.87. The number of ether oxygens (including phenoxy) is 1. The molecule has 0 radical (unpaired) electrons. The highest BCUT2D eigenvalue weighted by atomic mass is 35.5. The van der Waals surface area contributed by atoms with Crippen molar-refractivity contribution in [2.45, 2.75) is 24.5 Å². The average Bonchev–Trinajstić information content (AvgIpc) is 3.51. The van der Waals surface area contributed by atoms with E-state index < -0.39 is 52.5 Å². The minimum absolute atomic E-state index is 0.127. The number of amides is 5. The molecule has 0 aliphatic carbocycles. The first-order valence-corrected chi connectivity index (χ1v) is 15.5. The van der Waals surface area contributed by atoms with Crippen LogP contribution in [0.2, 0.25) is 5.02 Å². The summed E-state index contributed by atoms with van der Waals surface area (Å²) in [4.78, 5) is 57.0. The van der Waals surface area contributed by atoms with Gasteiger partial charge in [-0.05, 0) is 54.8 Å². The number of carbonyl (C=O) groups is 4. The topological polar surface area (TPSA) is 145 Å². The molecule has 2 aliphatic rings. The summed E-state index contributed by atoms with van der Waals surface area (Å²) in [5.41, 5.74) is 2.38. The number of methoxy groups -OCH3 is 1. The average molecular weight is 640 g/mol. The summed E-state index contributed by atoms with van der Waals surface area (Å²) in [6.45, 7) is 1.42. The van der Waals surface area contributed by atoms with Gasteiger partial charge in [0.25, 0.3) is 15.9 Å². The van der Waals surface area contributed by atoms with Crippen molar-refractivity contribution < 1.29 is 32.3 Å². The Morgan fingerprint density at radius 2 is 1.75 bits per heavy atom. The highest BCUT2D eigenvalue weighted by Crippen LogP contribution is 2.31. The summed E-state index contributed by atoms with van der Waals surface area (Å²) >= 11 is 6.13. The first-order chi connectivity index (χ1) is 20.9. The van der Waals surface area contributed by atoms with Gasteiger partial charge in [0.2, 0.25) is 18.0 Å². The molecular formula is C30H30ClN5O7S. The lowest BCUT2D eigenvalue weighted by Crippen LogP contribution is -2.48. The summed E-state index contributed by atoms with van der Waals surface area (Å²) in [7, 11) is -1.46. The number of nitrogens with one attached hydrogen (secondary N) is 2. The van der Waals surface area contributed by atoms with Crippen molar-refractivity contribution >= 4 is 62.4 Å². The van der Waals surface area contributed by atoms with Crippen LogP contribution in [0.3, 0.4) is 0 Å². The van der Waals surface area contributed by atoms with Crippen LogP contribution < -0.4 is 14.9 Å². The van der Waals surface area contributed by atoms with Crippen molar-refractivity contribution in [2.24, 2.45) is 5.92 Å². The molecule has 12 nitrogen and oxygen atoms in total. The molecule has 5 amide bonds. The molecule has 0 aromatic heterocycles. The molecule has 1 saturated heterocycles. The van der Waals surface area contributed by atoms with Gasteiger partial charge in [-0.1, -0.05) is 48.0 Å². The number of hydrogen-bond acceptors (Lipinski definition) is 7. The number of rotatable bonds is 9. The number of likely N-dealkylation sites (N-methyl/N-ethyl adjacent to an activating group) is 1. The van der Waals surface area contributed by atoms with Gasteiger partial charge >= 0.3 is 6.03 Å². The Kier molecular flexibility index (Phi) is 8.64. The maximum Gasteiger partial charge on any atom is 0.329 e. The van der Waals surface area contributed by atoms with E-state index in [2.05, 4.69) is 10.0 Å². The second-order valence-electron chi connectivity index (χ2n) is 10.4. The summed E-state index contributed by atoms with van der Waals surface area (Å²) in [6.07, 6.45) is -0.618. The van der Waals surface area contributed by atoms with Gasteiger partial charge < -0.3 is 15.0 Å². The molecule has 3 aromatic rings. The third kappa shape index (κ3) is 5.85. The number of sulfonamides is 1. The number of urea groups is 1. The smallest absolute Gasteiger partial charge is 0.329 e. The van der Waals surface area contributed by atoms with Crippen LogP contribution in [0.25, 0.3) is 0 Å². The predicted octanol–water partition coefficient (Wildman–Crippen LogP) is 3.46. The zero-order chi connectivity index (χ0) is 31.8. The lowest BCUT2D eigenvalue weighted by atomic mass is 10.0. The van der Waals surface area contributed by atoms with E-state index in [1.807, 2.05) is 12.1 Å². The monoisotopic (exact) mass is 639 g/mol. The summed E-state index contributed by atoms with van der Waals surface area (Å²) in [6, 6.07) is 17.0. The SMILES string of the molecule is COC1C(=O)N(CC(C(=O)Nc2cc(S(=O)(=O)Nc3ccccc3Cl)ccc2C)C(=O)N2CCc3ccccc32)C(=O)N1C. The number of para-hydroxylation sites is 2. The normalized spacial score (nSPS) is 17.1. The highest BCUT2D eigenvalue weighted by Gasteiger charge is 2.47. The molecule has 0 saturated carbocycles. The molecule has 3 aromatic carbocycles. The molecule has 2 heterocycles. The molecule has 14 heteroatoms. The van der Waals surface area contributed by atoms with Crippen LogP contribution in [0.15, 0.2) is 71.6 Å².